The van der Waals surface area contributed by atoms with Gasteiger partial charge in [-0.2, -0.15) is 0 Å². The Hall–Kier alpha value is -2.29. The lowest BCUT2D eigenvalue weighted by molar-refractivity contribution is 0.129. The molecule has 0 spiro atoms. The number of fused-ring (bicyclic) bond motifs is 1. The first-order valence-electron chi connectivity index (χ1n) is 6.39. The summed E-state index contributed by atoms with van der Waals surface area (Å²) in [7, 11) is 0. The molecule has 0 saturated carbocycles. The zero-order valence-electron chi connectivity index (χ0n) is 10.5. The molecule has 0 radical (unpaired) electrons. The maximum Gasteiger partial charge on any atom is 0.408 e. The van der Waals surface area contributed by atoms with E-state index < -0.39 is 6.09 Å². The lowest BCUT2D eigenvalue weighted by atomic mass is 9.88. The van der Waals surface area contributed by atoms with Crippen molar-refractivity contribution in [3.8, 4) is 0 Å². The predicted molar refractivity (Wildman–Crippen MR) is 73.2 cm³/mol. The monoisotopic (exact) mass is 253 g/mol. The highest BCUT2D eigenvalue weighted by Crippen LogP contribution is 2.34. The van der Waals surface area contributed by atoms with Crippen LogP contribution in [0.3, 0.4) is 0 Å². The third-order valence-corrected chi connectivity index (χ3v) is 3.64. The highest BCUT2D eigenvalue weighted by Gasteiger charge is 2.31. The second kappa shape index (κ2) is 4.76. The van der Waals surface area contributed by atoms with Crippen LogP contribution in [0.4, 0.5) is 4.79 Å². The van der Waals surface area contributed by atoms with E-state index in [0.29, 0.717) is 6.54 Å². The van der Waals surface area contributed by atoms with Gasteiger partial charge in [0.05, 0.1) is 6.04 Å². The zero-order valence-corrected chi connectivity index (χ0v) is 10.5. The smallest absolute Gasteiger partial charge is 0.408 e. The lowest BCUT2D eigenvalue weighted by Crippen LogP contribution is -2.39. The Labute approximate surface area is 112 Å². The molecule has 1 aliphatic rings. The quantitative estimate of drug-likeness (QED) is 0.847. The molecule has 0 bridgehead atoms. The van der Waals surface area contributed by atoms with Gasteiger partial charge in [-0.05, 0) is 23.1 Å². The summed E-state index contributed by atoms with van der Waals surface area (Å²) in [5.74, 6) is 0. The van der Waals surface area contributed by atoms with Crippen LogP contribution >= 0.6 is 0 Å². The number of carbonyl (C=O) groups is 1. The highest BCUT2D eigenvalue weighted by molar-refractivity contribution is 5.67. The van der Waals surface area contributed by atoms with Gasteiger partial charge in [-0.3, -0.25) is 4.90 Å². The average molecular weight is 253 g/mol. The molecule has 0 aliphatic carbocycles. The Morgan fingerprint density at radius 1 is 1.05 bits per heavy atom. The molecule has 1 unspecified atom stereocenters. The van der Waals surface area contributed by atoms with Crippen molar-refractivity contribution < 1.29 is 9.90 Å². The first-order valence-corrected chi connectivity index (χ1v) is 6.39. The maximum absolute atomic E-state index is 11.5. The van der Waals surface area contributed by atoms with Crippen LogP contribution in [0.25, 0.3) is 0 Å². The Balaban J connectivity index is 2.13. The maximum atomic E-state index is 11.5. The molecule has 0 saturated heterocycles. The van der Waals surface area contributed by atoms with Gasteiger partial charge in [0.15, 0.2) is 0 Å². The van der Waals surface area contributed by atoms with Crippen LogP contribution < -0.4 is 0 Å². The fraction of sp³-hybridized carbons (Fsp3) is 0.188. The molecule has 1 amide bonds. The van der Waals surface area contributed by atoms with Crippen LogP contribution in [0.2, 0.25) is 0 Å². The van der Waals surface area contributed by atoms with Crippen molar-refractivity contribution in [2.75, 3.05) is 6.54 Å². The number of benzene rings is 2. The van der Waals surface area contributed by atoms with Gasteiger partial charge in [0.25, 0.3) is 0 Å². The number of nitrogens with zero attached hydrogens (tertiary/aromatic N) is 1. The van der Waals surface area contributed by atoms with E-state index in [1.165, 1.54) is 10.5 Å². The molecule has 3 rings (SSSR count). The van der Waals surface area contributed by atoms with Gasteiger partial charge < -0.3 is 5.11 Å². The summed E-state index contributed by atoms with van der Waals surface area (Å²) < 4.78 is 0. The van der Waals surface area contributed by atoms with E-state index in [4.69, 9.17) is 0 Å². The van der Waals surface area contributed by atoms with Crippen LogP contribution in [-0.2, 0) is 6.42 Å². The molecule has 3 heteroatoms. The minimum Gasteiger partial charge on any atom is -0.465 e. The summed E-state index contributed by atoms with van der Waals surface area (Å²) in [6.45, 7) is 0.548. The molecule has 1 N–H and O–H groups in total. The van der Waals surface area contributed by atoms with Gasteiger partial charge in [-0.1, -0.05) is 54.6 Å². The van der Waals surface area contributed by atoms with Crippen molar-refractivity contribution in [3.05, 3.63) is 71.3 Å². The average Bonchev–Trinajstić information content (AvgIpc) is 2.46. The van der Waals surface area contributed by atoms with Gasteiger partial charge in [0.2, 0.25) is 0 Å². The number of amides is 1. The van der Waals surface area contributed by atoms with E-state index in [1.807, 2.05) is 48.5 Å². The fourth-order valence-corrected chi connectivity index (χ4v) is 2.77. The van der Waals surface area contributed by atoms with Crippen LogP contribution in [0.15, 0.2) is 54.6 Å². The van der Waals surface area contributed by atoms with E-state index in [2.05, 4.69) is 6.07 Å². The summed E-state index contributed by atoms with van der Waals surface area (Å²) in [4.78, 5) is 13.0. The topological polar surface area (TPSA) is 40.5 Å². The molecule has 19 heavy (non-hydrogen) atoms. The van der Waals surface area contributed by atoms with E-state index in [0.717, 1.165) is 17.5 Å². The molecular formula is C16H15NO2. The van der Waals surface area contributed by atoms with Crippen molar-refractivity contribution >= 4 is 6.09 Å². The number of rotatable bonds is 1. The van der Waals surface area contributed by atoms with Crippen LogP contribution in [-0.4, -0.2) is 22.6 Å². The number of hydrogen-bond acceptors (Lipinski definition) is 1. The SMILES string of the molecule is O=C(O)N1CCc2ccccc2C1c1ccccc1. The lowest BCUT2D eigenvalue weighted by Gasteiger charge is -2.35. The van der Waals surface area contributed by atoms with Crippen molar-refractivity contribution in [2.24, 2.45) is 0 Å². The molecule has 1 atom stereocenters. The van der Waals surface area contributed by atoms with E-state index in [9.17, 15) is 9.90 Å². The van der Waals surface area contributed by atoms with Crippen molar-refractivity contribution in [1.29, 1.82) is 0 Å². The van der Waals surface area contributed by atoms with Crippen LogP contribution in [0, 0.1) is 0 Å². The van der Waals surface area contributed by atoms with Crippen molar-refractivity contribution in [3.63, 3.8) is 0 Å². The molecule has 0 aromatic heterocycles. The van der Waals surface area contributed by atoms with E-state index in [-0.39, 0.29) is 6.04 Å². The second-order valence-corrected chi connectivity index (χ2v) is 4.74. The Morgan fingerprint density at radius 2 is 1.74 bits per heavy atom. The van der Waals surface area contributed by atoms with Gasteiger partial charge in [0, 0.05) is 6.54 Å². The molecule has 2 aromatic carbocycles. The normalized spacial score (nSPS) is 17.9. The Morgan fingerprint density at radius 3 is 2.47 bits per heavy atom. The molecule has 0 fully saturated rings. The minimum atomic E-state index is -0.858. The van der Waals surface area contributed by atoms with Gasteiger partial charge in [-0.15, -0.1) is 0 Å². The summed E-state index contributed by atoms with van der Waals surface area (Å²) in [5, 5.41) is 9.42. The predicted octanol–water partition coefficient (Wildman–Crippen LogP) is 3.31. The third-order valence-electron chi connectivity index (χ3n) is 3.64. The van der Waals surface area contributed by atoms with Crippen LogP contribution in [0.1, 0.15) is 22.7 Å². The van der Waals surface area contributed by atoms with Crippen molar-refractivity contribution in [2.45, 2.75) is 12.5 Å². The Kier molecular flexibility index (Phi) is 2.95. The summed E-state index contributed by atoms with van der Waals surface area (Å²) in [5.41, 5.74) is 3.37. The standard InChI is InChI=1S/C16H15NO2/c18-16(19)17-11-10-12-6-4-5-9-14(12)15(17)13-7-2-1-3-8-13/h1-9,15H,10-11H2,(H,18,19). The summed E-state index contributed by atoms with van der Waals surface area (Å²) in [6.07, 6.45) is -0.0745. The van der Waals surface area contributed by atoms with Crippen molar-refractivity contribution in [1.82, 2.24) is 4.90 Å². The van der Waals surface area contributed by atoms with Gasteiger partial charge >= 0.3 is 6.09 Å². The number of carboxylic acid groups (broad SMARTS) is 1. The number of hydrogen-bond donors (Lipinski definition) is 1. The summed E-state index contributed by atoms with van der Waals surface area (Å²) in [6, 6.07) is 17.7. The summed E-state index contributed by atoms with van der Waals surface area (Å²) >= 11 is 0. The van der Waals surface area contributed by atoms with E-state index >= 15 is 0 Å². The first-order chi connectivity index (χ1) is 9.27. The Bertz CT molecular complexity index is 595. The first kappa shape index (κ1) is 11.8. The molecule has 2 aromatic rings. The molecular weight excluding hydrogens is 238 g/mol. The van der Waals surface area contributed by atoms with Gasteiger partial charge in [-0.25, -0.2) is 4.79 Å². The largest absolute Gasteiger partial charge is 0.465 e. The molecule has 1 aliphatic heterocycles. The highest BCUT2D eigenvalue weighted by atomic mass is 16.4. The van der Waals surface area contributed by atoms with E-state index in [1.54, 1.807) is 0 Å². The fourth-order valence-electron chi connectivity index (χ4n) is 2.77. The molecule has 96 valence electrons. The molecule has 3 nitrogen and oxygen atoms in total. The second-order valence-electron chi connectivity index (χ2n) is 4.74. The van der Waals surface area contributed by atoms with Gasteiger partial charge in [0.1, 0.15) is 0 Å². The molecule has 1 heterocycles. The third kappa shape index (κ3) is 2.08. The zero-order chi connectivity index (χ0) is 13.2. The minimum absolute atomic E-state index is 0.191. The van der Waals surface area contributed by atoms with Crippen LogP contribution in [0.5, 0.6) is 0 Å².